The second-order valence-electron chi connectivity index (χ2n) is 7.02. The van der Waals surface area contributed by atoms with Crippen molar-refractivity contribution in [3.05, 3.63) is 71.8 Å². The molecule has 0 bridgehead atoms. The van der Waals surface area contributed by atoms with E-state index in [1.807, 2.05) is 11.8 Å². The molecule has 2 rings (SSSR count). The smallest absolute Gasteiger partial charge is 0.0234 e. The molecule has 2 aromatic carbocycles. The molecule has 26 heavy (non-hydrogen) atoms. The van der Waals surface area contributed by atoms with E-state index >= 15 is 0 Å². The number of rotatable bonds is 12. The maximum Gasteiger partial charge on any atom is 0.0234 e. The summed E-state index contributed by atoms with van der Waals surface area (Å²) in [6.07, 6.45) is 0. The van der Waals surface area contributed by atoms with Crippen LogP contribution in [0, 0.1) is 0 Å². The van der Waals surface area contributed by atoms with Crippen molar-refractivity contribution in [1.29, 1.82) is 0 Å². The van der Waals surface area contributed by atoms with E-state index < -0.39 is 0 Å². The number of likely N-dealkylation sites (N-methyl/N-ethyl adjacent to an activating group) is 1. The molecular weight excluding hydrogens is 336 g/mol. The first-order chi connectivity index (χ1) is 12.7. The zero-order valence-electron chi connectivity index (χ0n) is 16.6. The van der Waals surface area contributed by atoms with Crippen LogP contribution in [-0.2, 0) is 12.3 Å². The average molecular weight is 371 g/mol. The summed E-state index contributed by atoms with van der Waals surface area (Å²) >= 11 is 2.04. The van der Waals surface area contributed by atoms with E-state index in [1.54, 1.807) is 0 Å². The first-order valence-electron chi connectivity index (χ1n) is 9.81. The Morgan fingerprint density at radius 3 is 2.00 bits per heavy atom. The topological polar surface area (TPSA) is 6.48 Å². The Hall–Kier alpha value is -1.29. The van der Waals surface area contributed by atoms with Crippen molar-refractivity contribution in [2.24, 2.45) is 0 Å². The van der Waals surface area contributed by atoms with Gasteiger partial charge in [-0.1, -0.05) is 67.6 Å². The third kappa shape index (κ3) is 7.94. The molecule has 3 heteroatoms. The molecule has 0 amide bonds. The number of nitrogens with zero attached hydrogens (tertiary/aromatic N) is 2. The standard InChI is InChI=1S/C23H34N2S/c1-4-24(19-22-11-7-5-8-12-22)15-16-25(21(2)3)17-18-26-20-23-13-9-6-10-14-23/h5-14,21H,4,15-20H2,1-3H3. The van der Waals surface area contributed by atoms with Gasteiger partial charge in [0.15, 0.2) is 0 Å². The molecule has 0 aliphatic heterocycles. The molecule has 0 radical (unpaired) electrons. The van der Waals surface area contributed by atoms with E-state index in [4.69, 9.17) is 0 Å². The zero-order valence-corrected chi connectivity index (χ0v) is 17.4. The number of hydrogen-bond acceptors (Lipinski definition) is 3. The normalized spacial score (nSPS) is 11.6. The fourth-order valence-electron chi connectivity index (χ4n) is 3.03. The first kappa shape index (κ1) is 21.0. The van der Waals surface area contributed by atoms with Gasteiger partial charge in [0.2, 0.25) is 0 Å². The van der Waals surface area contributed by atoms with Gasteiger partial charge in [0.05, 0.1) is 0 Å². The van der Waals surface area contributed by atoms with Gasteiger partial charge in [-0.2, -0.15) is 11.8 Å². The second-order valence-corrected chi connectivity index (χ2v) is 8.13. The molecule has 0 atom stereocenters. The van der Waals surface area contributed by atoms with Gasteiger partial charge >= 0.3 is 0 Å². The minimum Gasteiger partial charge on any atom is -0.299 e. The van der Waals surface area contributed by atoms with Gasteiger partial charge < -0.3 is 0 Å². The fourth-order valence-corrected chi connectivity index (χ4v) is 3.97. The van der Waals surface area contributed by atoms with Crippen molar-refractivity contribution < 1.29 is 0 Å². The Kier molecular flexibility index (Phi) is 9.83. The highest BCUT2D eigenvalue weighted by atomic mass is 32.2. The quantitative estimate of drug-likeness (QED) is 0.477. The predicted molar refractivity (Wildman–Crippen MR) is 117 cm³/mol. The van der Waals surface area contributed by atoms with E-state index in [0.29, 0.717) is 6.04 Å². The lowest BCUT2D eigenvalue weighted by Crippen LogP contribution is -2.39. The minimum absolute atomic E-state index is 0.600. The molecule has 0 unspecified atom stereocenters. The molecule has 0 fully saturated rings. The van der Waals surface area contributed by atoms with Crippen molar-refractivity contribution in [3.63, 3.8) is 0 Å². The van der Waals surface area contributed by atoms with Crippen LogP contribution in [0.5, 0.6) is 0 Å². The number of hydrogen-bond donors (Lipinski definition) is 0. The van der Waals surface area contributed by atoms with E-state index in [2.05, 4.69) is 91.2 Å². The molecule has 0 saturated carbocycles. The van der Waals surface area contributed by atoms with Crippen LogP contribution >= 0.6 is 11.8 Å². The Balaban J connectivity index is 1.72. The maximum atomic E-state index is 2.62. The van der Waals surface area contributed by atoms with Crippen molar-refractivity contribution in [1.82, 2.24) is 9.80 Å². The highest BCUT2D eigenvalue weighted by Gasteiger charge is 2.11. The van der Waals surface area contributed by atoms with Crippen LogP contribution in [0.1, 0.15) is 31.9 Å². The maximum absolute atomic E-state index is 2.62. The van der Waals surface area contributed by atoms with Crippen molar-refractivity contribution in [2.75, 3.05) is 31.9 Å². The van der Waals surface area contributed by atoms with Crippen LogP contribution in [0.15, 0.2) is 60.7 Å². The van der Waals surface area contributed by atoms with Crippen LogP contribution in [0.25, 0.3) is 0 Å². The van der Waals surface area contributed by atoms with Crippen LogP contribution < -0.4 is 0 Å². The average Bonchev–Trinajstić information content (AvgIpc) is 2.67. The second kappa shape index (κ2) is 12.2. The molecule has 0 saturated heterocycles. The Morgan fingerprint density at radius 1 is 0.808 bits per heavy atom. The lowest BCUT2D eigenvalue weighted by atomic mass is 10.2. The van der Waals surface area contributed by atoms with Gasteiger partial charge in [0.25, 0.3) is 0 Å². The molecule has 2 aromatic rings. The Labute approximate surface area is 164 Å². The van der Waals surface area contributed by atoms with E-state index in [-0.39, 0.29) is 0 Å². The largest absolute Gasteiger partial charge is 0.299 e. The molecule has 2 nitrogen and oxygen atoms in total. The SMILES string of the molecule is CCN(CCN(CCSCc1ccccc1)C(C)C)Cc1ccccc1. The highest BCUT2D eigenvalue weighted by molar-refractivity contribution is 7.98. The highest BCUT2D eigenvalue weighted by Crippen LogP contribution is 2.13. The van der Waals surface area contributed by atoms with Gasteiger partial charge in [-0.3, -0.25) is 9.80 Å². The first-order valence-corrected chi connectivity index (χ1v) is 11.0. The summed E-state index contributed by atoms with van der Waals surface area (Å²) in [7, 11) is 0. The van der Waals surface area contributed by atoms with Crippen LogP contribution in [0.2, 0.25) is 0 Å². The lowest BCUT2D eigenvalue weighted by Gasteiger charge is -2.29. The molecule has 0 aliphatic rings. The summed E-state index contributed by atoms with van der Waals surface area (Å²) in [5.41, 5.74) is 2.83. The molecule has 0 spiro atoms. The van der Waals surface area contributed by atoms with Crippen LogP contribution in [0.3, 0.4) is 0 Å². The van der Waals surface area contributed by atoms with Crippen molar-refractivity contribution in [2.45, 2.75) is 39.1 Å². The summed E-state index contributed by atoms with van der Waals surface area (Å²) < 4.78 is 0. The van der Waals surface area contributed by atoms with Gasteiger partial charge in [0, 0.05) is 43.7 Å². The zero-order chi connectivity index (χ0) is 18.6. The van der Waals surface area contributed by atoms with E-state index in [9.17, 15) is 0 Å². The number of benzene rings is 2. The van der Waals surface area contributed by atoms with Gasteiger partial charge in [-0.25, -0.2) is 0 Å². The number of thioether (sulfide) groups is 1. The summed E-state index contributed by atoms with van der Waals surface area (Å²) in [5, 5.41) is 0. The Morgan fingerprint density at radius 2 is 1.42 bits per heavy atom. The van der Waals surface area contributed by atoms with Gasteiger partial charge in [0.1, 0.15) is 0 Å². The molecule has 0 N–H and O–H groups in total. The summed E-state index contributed by atoms with van der Waals surface area (Å²) in [6.45, 7) is 12.5. The van der Waals surface area contributed by atoms with Crippen LogP contribution in [-0.4, -0.2) is 47.8 Å². The molecule has 142 valence electrons. The molecule has 0 heterocycles. The monoisotopic (exact) mass is 370 g/mol. The summed E-state index contributed by atoms with van der Waals surface area (Å²) in [6, 6.07) is 22.2. The summed E-state index contributed by atoms with van der Waals surface area (Å²) in [4.78, 5) is 5.16. The van der Waals surface area contributed by atoms with E-state index in [0.717, 1.165) is 38.5 Å². The third-order valence-electron chi connectivity index (χ3n) is 4.76. The molecule has 0 aliphatic carbocycles. The molecule has 0 aromatic heterocycles. The van der Waals surface area contributed by atoms with Crippen molar-refractivity contribution >= 4 is 11.8 Å². The molecular formula is C23H34N2S. The van der Waals surface area contributed by atoms with Crippen molar-refractivity contribution in [3.8, 4) is 0 Å². The van der Waals surface area contributed by atoms with E-state index in [1.165, 1.54) is 16.9 Å². The third-order valence-corrected chi connectivity index (χ3v) is 5.77. The lowest BCUT2D eigenvalue weighted by molar-refractivity contribution is 0.183. The fraction of sp³-hybridized carbons (Fsp3) is 0.478. The Bertz CT molecular complexity index is 586. The van der Waals surface area contributed by atoms with Gasteiger partial charge in [-0.15, -0.1) is 0 Å². The van der Waals surface area contributed by atoms with Gasteiger partial charge in [-0.05, 0) is 31.5 Å². The predicted octanol–water partition coefficient (Wildman–Crippen LogP) is 5.15. The minimum atomic E-state index is 0.600. The van der Waals surface area contributed by atoms with Crippen LogP contribution in [0.4, 0.5) is 0 Å². The summed E-state index contributed by atoms with van der Waals surface area (Å²) in [5.74, 6) is 2.31.